The predicted molar refractivity (Wildman–Crippen MR) is 75.0 cm³/mol. The van der Waals surface area contributed by atoms with E-state index in [0.29, 0.717) is 23.5 Å². The van der Waals surface area contributed by atoms with Gasteiger partial charge in [-0.05, 0) is 31.6 Å². The zero-order chi connectivity index (χ0) is 13.9. The lowest BCUT2D eigenvalue weighted by Gasteiger charge is -2.32. The number of rotatable bonds is 8. The van der Waals surface area contributed by atoms with E-state index in [-0.39, 0.29) is 11.9 Å². The highest BCUT2D eigenvalue weighted by Gasteiger charge is 2.53. The highest BCUT2D eigenvalue weighted by atomic mass is 32.2. The molecule has 0 spiro atoms. The van der Waals surface area contributed by atoms with E-state index in [1.54, 1.807) is 7.05 Å². The summed E-state index contributed by atoms with van der Waals surface area (Å²) in [6, 6.07) is 0.445. The Morgan fingerprint density at radius 3 is 2.47 bits per heavy atom. The molecule has 1 unspecified atom stereocenters. The summed E-state index contributed by atoms with van der Waals surface area (Å²) in [5.74, 6) is 1.16. The van der Waals surface area contributed by atoms with E-state index in [1.807, 2.05) is 0 Å². The zero-order valence-corrected chi connectivity index (χ0v) is 12.3. The van der Waals surface area contributed by atoms with Crippen molar-refractivity contribution in [1.82, 2.24) is 10.6 Å². The molecule has 2 saturated carbocycles. The molecule has 0 radical (unpaired) electrons. The standard InChI is InChI=1S/C13H22N2O3S/c1-14-11(16)7-19-8-13(9-3-4-9,12(17)18-2)15-10-5-6-10/h9-10,15H,3-8H2,1-2H3,(H,14,16). The third kappa shape index (κ3) is 3.63. The molecule has 2 fully saturated rings. The van der Waals surface area contributed by atoms with E-state index in [2.05, 4.69) is 10.6 Å². The van der Waals surface area contributed by atoms with E-state index in [0.717, 1.165) is 25.7 Å². The number of carbonyl (C=O) groups excluding carboxylic acids is 2. The van der Waals surface area contributed by atoms with Gasteiger partial charge in [-0.15, -0.1) is 11.8 Å². The Kier molecular flexibility index (Phi) is 4.73. The summed E-state index contributed by atoms with van der Waals surface area (Å²) in [5, 5.41) is 6.08. The van der Waals surface area contributed by atoms with E-state index in [9.17, 15) is 9.59 Å². The fraction of sp³-hybridized carbons (Fsp3) is 0.846. The molecule has 0 heterocycles. The van der Waals surface area contributed by atoms with Gasteiger partial charge in [-0.2, -0.15) is 0 Å². The van der Waals surface area contributed by atoms with Crippen LogP contribution in [-0.2, 0) is 14.3 Å². The lowest BCUT2D eigenvalue weighted by atomic mass is 9.95. The molecular formula is C13H22N2O3S. The van der Waals surface area contributed by atoms with E-state index in [4.69, 9.17) is 4.74 Å². The number of hydrogen-bond acceptors (Lipinski definition) is 5. The largest absolute Gasteiger partial charge is 0.468 e. The molecule has 0 aromatic rings. The average molecular weight is 286 g/mol. The van der Waals surface area contributed by atoms with Crippen molar-refractivity contribution in [2.24, 2.45) is 5.92 Å². The summed E-state index contributed by atoms with van der Waals surface area (Å²) in [5.41, 5.74) is -0.589. The first-order valence-corrected chi connectivity index (χ1v) is 7.92. The van der Waals surface area contributed by atoms with Gasteiger partial charge in [-0.25, -0.2) is 0 Å². The molecule has 0 saturated heterocycles. The number of methoxy groups -OCH3 is 1. The normalized spacial score (nSPS) is 21.6. The van der Waals surface area contributed by atoms with Gasteiger partial charge in [0.25, 0.3) is 0 Å². The number of amides is 1. The second-order valence-electron chi connectivity index (χ2n) is 5.32. The van der Waals surface area contributed by atoms with E-state index >= 15 is 0 Å². The highest BCUT2D eigenvalue weighted by Crippen LogP contribution is 2.43. The van der Waals surface area contributed by atoms with Crippen molar-refractivity contribution in [3.63, 3.8) is 0 Å². The van der Waals surface area contributed by atoms with Gasteiger partial charge in [-0.3, -0.25) is 14.9 Å². The number of hydrogen-bond donors (Lipinski definition) is 2. The SMILES string of the molecule is CNC(=O)CSCC(NC1CC1)(C(=O)OC)C1CC1. The second-order valence-corrected chi connectivity index (χ2v) is 6.31. The fourth-order valence-corrected chi connectivity index (χ4v) is 3.48. The Balaban J connectivity index is 1.98. The Hall–Kier alpha value is -0.750. The van der Waals surface area contributed by atoms with Crippen molar-refractivity contribution in [2.75, 3.05) is 25.7 Å². The molecule has 2 aliphatic rings. The van der Waals surface area contributed by atoms with Gasteiger partial charge in [0, 0.05) is 18.8 Å². The lowest BCUT2D eigenvalue weighted by Crippen LogP contribution is -2.57. The van der Waals surface area contributed by atoms with Gasteiger partial charge in [0.1, 0.15) is 5.54 Å². The summed E-state index contributed by atoms with van der Waals surface area (Å²) < 4.78 is 5.01. The third-order valence-electron chi connectivity index (χ3n) is 3.70. The minimum Gasteiger partial charge on any atom is -0.468 e. The van der Waals surface area contributed by atoms with Crippen LogP contribution in [0.1, 0.15) is 25.7 Å². The smallest absolute Gasteiger partial charge is 0.327 e. The van der Waals surface area contributed by atoms with Crippen LogP contribution in [0.5, 0.6) is 0 Å². The molecule has 2 N–H and O–H groups in total. The van der Waals surface area contributed by atoms with Crippen LogP contribution in [0.15, 0.2) is 0 Å². The van der Waals surface area contributed by atoms with Crippen LogP contribution >= 0.6 is 11.8 Å². The van der Waals surface area contributed by atoms with Crippen LogP contribution in [0.2, 0.25) is 0 Å². The molecule has 1 amide bonds. The molecule has 2 aliphatic carbocycles. The van der Waals surface area contributed by atoms with Crippen LogP contribution in [0, 0.1) is 5.92 Å². The van der Waals surface area contributed by atoms with Gasteiger partial charge < -0.3 is 10.1 Å². The number of ether oxygens (including phenoxy) is 1. The zero-order valence-electron chi connectivity index (χ0n) is 11.5. The summed E-state index contributed by atoms with van der Waals surface area (Å²) >= 11 is 1.50. The maximum atomic E-state index is 12.2. The van der Waals surface area contributed by atoms with E-state index < -0.39 is 5.54 Å². The van der Waals surface area contributed by atoms with Crippen LogP contribution in [0.25, 0.3) is 0 Å². The molecular weight excluding hydrogens is 264 g/mol. The summed E-state index contributed by atoms with van der Waals surface area (Å²) in [6.45, 7) is 0. The van der Waals surface area contributed by atoms with Crippen molar-refractivity contribution in [3.8, 4) is 0 Å². The first kappa shape index (κ1) is 14.7. The molecule has 0 aromatic carbocycles. The second kappa shape index (κ2) is 6.13. The Labute approximate surface area is 118 Å². The molecule has 2 rings (SSSR count). The highest BCUT2D eigenvalue weighted by molar-refractivity contribution is 8.00. The maximum Gasteiger partial charge on any atom is 0.327 e. The van der Waals surface area contributed by atoms with E-state index in [1.165, 1.54) is 18.9 Å². The molecule has 6 heteroatoms. The number of esters is 1. The molecule has 0 aromatic heterocycles. The summed E-state index contributed by atoms with van der Waals surface area (Å²) in [7, 11) is 3.07. The molecule has 0 bridgehead atoms. The van der Waals surface area contributed by atoms with Crippen LogP contribution < -0.4 is 10.6 Å². The molecule has 19 heavy (non-hydrogen) atoms. The van der Waals surface area contributed by atoms with Gasteiger partial charge in [-0.1, -0.05) is 0 Å². The quantitative estimate of drug-likeness (QED) is 0.638. The van der Waals surface area contributed by atoms with Gasteiger partial charge >= 0.3 is 5.97 Å². The molecule has 108 valence electrons. The van der Waals surface area contributed by atoms with Gasteiger partial charge in [0.05, 0.1) is 12.9 Å². The van der Waals surface area contributed by atoms with Crippen molar-refractivity contribution in [2.45, 2.75) is 37.3 Å². The Bertz CT molecular complexity index is 356. The maximum absolute atomic E-state index is 12.2. The fourth-order valence-electron chi connectivity index (χ4n) is 2.29. The first-order valence-electron chi connectivity index (χ1n) is 6.77. The van der Waals surface area contributed by atoms with Crippen LogP contribution in [0.3, 0.4) is 0 Å². The van der Waals surface area contributed by atoms with Gasteiger partial charge in [0.2, 0.25) is 5.91 Å². The number of thioether (sulfide) groups is 1. The minimum absolute atomic E-state index is 0.00835. The van der Waals surface area contributed by atoms with Crippen molar-refractivity contribution < 1.29 is 14.3 Å². The summed E-state index contributed by atoms with van der Waals surface area (Å²) in [6.07, 6.45) is 4.39. The van der Waals surface area contributed by atoms with Gasteiger partial charge in [0.15, 0.2) is 0 Å². The first-order chi connectivity index (χ1) is 9.12. The van der Waals surface area contributed by atoms with Crippen LogP contribution in [0.4, 0.5) is 0 Å². The number of nitrogens with one attached hydrogen (secondary N) is 2. The van der Waals surface area contributed by atoms with Crippen molar-refractivity contribution in [1.29, 1.82) is 0 Å². The third-order valence-corrected chi connectivity index (χ3v) is 4.83. The van der Waals surface area contributed by atoms with Crippen molar-refractivity contribution in [3.05, 3.63) is 0 Å². The monoisotopic (exact) mass is 286 g/mol. The average Bonchev–Trinajstić information content (AvgIpc) is 3.28. The Morgan fingerprint density at radius 2 is 2.00 bits per heavy atom. The topological polar surface area (TPSA) is 67.4 Å². The number of carbonyl (C=O) groups is 2. The molecule has 1 atom stereocenters. The lowest BCUT2D eigenvalue weighted by molar-refractivity contribution is -0.148. The van der Waals surface area contributed by atoms with Crippen LogP contribution in [-0.4, -0.2) is 49.1 Å². The molecule has 0 aliphatic heterocycles. The van der Waals surface area contributed by atoms with Crippen molar-refractivity contribution >= 4 is 23.6 Å². The summed E-state index contributed by atoms with van der Waals surface area (Å²) in [4.78, 5) is 23.5. The minimum atomic E-state index is -0.589. The molecule has 5 nitrogen and oxygen atoms in total. The Morgan fingerprint density at radius 1 is 1.32 bits per heavy atom. The predicted octanol–water partition coefficient (Wildman–Crippen LogP) is 0.539.